The maximum absolute atomic E-state index is 13.2. The first-order valence-corrected chi connectivity index (χ1v) is 7.12. The van der Waals surface area contributed by atoms with Crippen molar-refractivity contribution in [2.45, 2.75) is 32.1 Å². The highest BCUT2D eigenvalue weighted by atomic mass is 35.5. The van der Waals surface area contributed by atoms with E-state index in [0.717, 1.165) is 12.0 Å². The molecule has 1 aromatic rings. The predicted molar refractivity (Wildman–Crippen MR) is 71.3 cm³/mol. The Morgan fingerprint density at radius 1 is 1.29 bits per heavy atom. The number of hydrogen-bond acceptors (Lipinski definition) is 0. The van der Waals surface area contributed by atoms with E-state index in [4.69, 9.17) is 23.2 Å². The Morgan fingerprint density at radius 3 is 2.65 bits per heavy atom. The number of halogens is 3. The second kappa shape index (κ2) is 6.06. The van der Waals surface area contributed by atoms with Gasteiger partial charge < -0.3 is 0 Å². The summed E-state index contributed by atoms with van der Waals surface area (Å²) in [5, 5.41) is 0.652. The van der Waals surface area contributed by atoms with E-state index in [1.807, 2.05) is 0 Å². The molecule has 17 heavy (non-hydrogen) atoms. The molecule has 1 unspecified atom stereocenters. The van der Waals surface area contributed by atoms with E-state index >= 15 is 0 Å². The van der Waals surface area contributed by atoms with Gasteiger partial charge in [0, 0.05) is 10.9 Å². The molecule has 0 heterocycles. The van der Waals surface area contributed by atoms with Crippen molar-refractivity contribution in [3.8, 4) is 0 Å². The van der Waals surface area contributed by atoms with Crippen molar-refractivity contribution in [2.75, 3.05) is 5.88 Å². The van der Waals surface area contributed by atoms with Gasteiger partial charge in [0.05, 0.1) is 0 Å². The smallest absolute Gasteiger partial charge is 0.123 e. The Bertz CT molecular complexity index is 372. The van der Waals surface area contributed by atoms with Gasteiger partial charge in [-0.25, -0.2) is 4.39 Å². The SMILES string of the molecule is Fc1ccc(Cl)c(CC(CCl)C2CCCC2)c1. The fourth-order valence-electron chi connectivity index (χ4n) is 2.76. The molecule has 1 saturated carbocycles. The molecule has 0 N–H and O–H groups in total. The minimum absolute atomic E-state index is 0.218. The van der Waals surface area contributed by atoms with Gasteiger partial charge in [0.1, 0.15) is 5.82 Å². The van der Waals surface area contributed by atoms with Crippen LogP contribution in [0.25, 0.3) is 0 Å². The molecule has 94 valence electrons. The van der Waals surface area contributed by atoms with Crippen molar-refractivity contribution in [1.82, 2.24) is 0 Å². The lowest BCUT2D eigenvalue weighted by Gasteiger charge is -2.21. The Balaban J connectivity index is 2.09. The maximum Gasteiger partial charge on any atom is 0.123 e. The van der Waals surface area contributed by atoms with Crippen molar-refractivity contribution in [3.63, 3.8) is 0 Å². The molecular weight excluding hydrogens is 258 g/mol. The topological polar surface area (TPSA) is 0 Å². The van der Waals surface area contributed by atoms with Gasteiger partial charge in [-0.2, -0.15) is 0 Å². The molecule has 1 aliphatic rings. The van der Waals surface area contributed by atoms with Crippen LogP contribution < -0.4 is 0 Å². The average Bonchev–Trinajstić information content (AvgIpc) is 2.84. The second-order valence-electron chi connectivity index (χ2n) is 4.90. The van der Waals surface area contributed by atoms with E-state index in [2.05, 4.69) is 0 Å². The van der Waals surface area contributed by atoms with Crippen LogP contribution in [0.4, 0.5) is 4.39 Å². The molecule has 0 nitrogen and oxygen atoms in total. The summed E-state index contributed by atoms with van der Waals surface area (Å²) in [5.41, 5.74) is 0.893. The van der Waals surface area contributed by atoms with Crippen LogP contribution in [-0.4, -0.2) is 5.88 Å². The zero-order valence-corrected chi connectivity index (χ0v) is 11.3. The quantitative estimate of drug-likeness (QED) is 0.673. The standard InChI is InChI=1S/C14H17Cl2F/c15-9-12(10-3-1-2-4-10)7-11-8-13(17)5-6-14(11)16/h5-6,8,10,12H,1-4,7,9H2. The number of alkyl halides is 1. The fraction of sp³-hybridized carbons (Fsp3) is 0.571. The molecule has 0 saturated heterocycles. The van der Waals surface area contributed by atoms with Gasteiger partial charge in [-0.3, -0.25) is 0 Å². The number of rotatable bonds is 4. The minimum Gasteiger partial charge on any atom is -0.207 e. The number of benzene rings is 1. The molecule has 0 spiro atoms. The highest BCUT2D eigenvalue weighted by Crippen LogP contribution is 2.35. The van der Waals surface area contributed by atoms with Crippen LogP contribution in [0.5, 0.6) is 0 Å². The Labute approximate surface area is 112 Å². The van der Waals surface area contributed by atoms with E-state index < -0.39 is 0 Å². The van der Waals surface area contributed by atoms with Crippen LogP contribution in [0.2, 0.25) is 5.02 Å². The van der Waals surface area contributed by atoms with Gasteiger partial charge in [0.25, 0.3) is 0 Å². The zero-order chi connectivity index (χ0) is 12.3. The van der Waals surface area contributed by atoms with E-state index in [0.29, 0.717) is 22.7 Å². The van der Waals surface area contributed by atoms with E-state index in [1.165, 1.54) is 37.8 Å². The maximum atomic E-state index is 13.2. The first-order chi connectivity index (χ1) is 8.20. The van der Waals surface area contributed by atoms with Crippen molar-refractivity contribution in [1.29, 1.82) is 0 Å². The van der Waals surface area contributed by atoms with Gasteiger partial charge in [-0.15, -0.1) is 11.6 Å². The molecule has 0 bridgehead atoms. The fourth-order valence-corrected chi connectivity index (χ4v) is 3.31. The van der Waals surface area contributed by atoms with Gasteiger partial charge in [0.2, 0.25) is 0 Å². The molecular formula is C14H17Cl2F. The monoisotopic (exact) mass is 274 g/mol. The van der Waals surface area contributed by atoms with Gasteiger partial charge in [-0.1, -0.05) is 37.3 Å². The summed E-state index contributed by atoms with van der Waals surface area (Å²) in [4.78, 5) is 0. The summed E-state index contributed by atoms with van der Waals surface area (Å²) < 4.78 is 13.2. The van der Waals surface area contributed by atoms with Crippen LogP contribution in [-0.2, 0) is 6.42 Å². The average molecular weight is 275 g/mol. The molecule has 0 radical (unpaired) electrons. The third-order valence-corrected chi connectivity index (χ3v) is 4.52. The molecule has 1 fully saturated rings. The van der Waals surface area contributed by atoms with Crippen LogP contribution in [0.1, 0.15) is 31.2 Å². The summed E-state index contributed by atoms with van der Waals surface area (Å²) in [5.74, 6) is 1.53. The lowest BCUT2D eigenvalue weighted by molar-refractivity contribution is 0.369. The van der Waals surface area contributed by atoms with Crippen LogP contribution in [0, 0.1) is 17.7 Å². The molecule has 2 rings (SSSR count). The highest BCUT2D eigenvalue weighted by molar-refractivity contribution is 6.31. The van der Waals surface area contributed by atoms with Crippen LogP contribution in [0.15, 0.2) is 18.2 Å². The molecule has 1 atom stereocenters. The predicted octanol–water partition coefficient (Wildman–Crippen LogP) is 5.07. The zero-order valence-electron chi connectivity index (χ0n) is 9.76. The van der Waals surface area contributed by atoms with Crippen molar-refractivity contribution in [3.05, 3.63) is 34.6 Å². The summed E-state index contributed by atoms with van der Waals surface area (Å²) in [6, 6.07) is 4.57. The summed E-state index contributed by atoms with van der Waals surface area (Å²) in [6.45, 7) is 0. The summed E-state index contributed by atoms with van der Waals surface area (Å²) >= 11 is 12.1. The van der Waals surface area contributed by atoms with Gasteiger partial charge >= 0.3 is 0 Å². The lowest BCUT2D eigenvalue weighted by atomic mass is 9.87. The molecule has 0 aliphatic heterocycles. The van der Waals surface area contributed by atoms with Gasteiger partial charge in [-0.05, 0) is 42.0 Å². The Morgan fingerprint density at radius 2 is 2.00 bits per heavy atom. The largest absolute Gasteiger partial charge is 0.207 e. The molecule has 0 amide bonds. The minimum atomic E-state index is -0.218. The van der Waals surface area contributed by atoms with Crippen LogP contribution in [0.3, 0.4) is 0 Å². The summed E-state index contributed by atoms with van der Waals surface area (Å²) in [6.07, 6.45) is 5.91. The molecule has 1 aliphatic carbocycles. The number of hydrogen-bond donors (Lipinski definition) is 0. The van der Waals surface area contributed by atoms with Crippen molar-refractivity contribution >= 4 is 23.2 Å². The Hall–Kier alpha value is -0.270. The first-order valence-electron chi connectivity index (χ1n) is 6.20. The van der Waals surface area contributed by atoms with Crippen molar-refractivity contribution < 1.29 is 4.39 Å². The second-order valence-corrected chi connectivity index (χ2v) is 5.61. The summed E-state index contributed by atoms with van der Waals surface area (Å²) in [7, 11) is 0. The Kier molecular flexibility index (Phi) is 4.69. The third kappa shape index (κ3) is 3.35. The normalized spacial score (nSPS) is 18.5. The third-order valence-electron chi connectivity index (χ3n) is 3.75. The van der Waals surface area contributed by atoms with E-state index in [-0.39, 0.29) is 5.82 Å². The molecule has 3 heteroatoms. The lowest BCUT2D eigenvalue weighted by Crippen LogP contribution is -2.16. The first kappa shape index (κ1) is 13.2. The van der Waals surface area contributed by atoms with Crippen LogP contribution >= 0.6 is 23.2 Å². The van der Waals surface area contributed by atoms with Gasteiger partial charge in [0.15, 0.2) is 0 Å². The highest BCUT2D eigenvalue weighted by Gasteiger charge is 2.25. The molecule has 1 aromatic carbocycles. The van der Waals surface area contributed by atoms with E-state index in [1.54, 1.807) is 6.07 Å². The van der Waals surface area contributed by atoms with E-state index in [9.17, 15) is 4.39 Å². The molecule has 0 aromatic heterocycles. The van der Waals surface area contributed by atoms with Crippen molar-refractivity contribution in [2.24, 2.45) is 11.8 Å².